The Balaban J connectivity index is 2.82. The minimum Gasteiger partial charge on any atom is -0.476 e. The average Bonchev–Trinajstić information content (AvgIpc) is 2.34. The number of rotatable bonds is 5. The number of methoxy groups -OCH3 is 1. The van der Waals surface area contributed by atoms with Crippen molar-refractivity contribution in [2.45, 2.75) is 6.92 Å². The lowest BCUT2D eigenvalue weighted by Gasteiger charge is -2.00. The Morgan fingerprint density at radius 1 is 1.67 bits per heavy atom. The lowest BCUT2D eigenvalue weighted by molar-refractivity contribution is -0.386. The summed E-state index contributed by atoms with van der Waals surface area (Å²) in [5, 5.41) is 10.8. The molecule has 0 spiro atoms. The summed E-state index contributed by atoms with van der Waals surface area (Å²) < 4.78 is 4.79. The van der Waals surface area contributed by atoms with Crippen molar-refractivity contribution >= 4 is 28.6 Å². The molecule has 0 radical (unpaired) electrons. The van der Waals surface area contributed by atoms with Gasteiger partial charge in [-0.1, -0.05) is 23.9 Å². The summed E-state index contributed by atoms with van der Waals surface area (Å²) in [5.74, 6) is 0.505. The Morgan fingerprint density at radius 2 is 2.39 bits per heavy atom. The number of pyridine rings is 1. The van der Waals surface area contributed by atoms with Crippen molar-refractivity contribution < 1.29 is 14.5 Å². The fraction of sp³-hybridized carbons (Fsp3) is 0.273. The molecule has 0 aliphatic rings. The van der Waals surface area contributed by atoms with Gasteiger partial charge in [0.15, 0.2) is 5.12 Å². The number of carbonyl (C=O) groups excluding carboxylic acids is 1. The molecule has 1 rings (SSSR count). The molecule has 0 unspecified atom stereocenters. The number of nitro groups is 1. The summed E-state index contributed by atoms with van der Waals surface area (Å²) in [7, 11) is 1.33. The fourth-order valence-corrected chi connectivity index (χ4v) is 1.61. The van der Waals surface area contributed by atoms with Gasteiger partial charge in [0, 0.05) is 24.9 Å². The van der Waals surface area contributed by atoms with E-state index in [1.165, 1.54) is 26.3 Å². The molecule has 0 atom stereocenters. The first-order chi connectivity index (χ1) is 8.54. The van der Waals surface area contributed by atoms with E-state index in [1.807, 2.05) is 0 Å². The van der Waals surface area contributed by atoms with E-state index < -0.39 is 4.92 Å². The second kappa shape index (κ2) is 6.75. The number of hydrogen-bond donors (Lipinski definition) is 0. The van der Waals surface area contributed by atoms with Crippen LogP contribution in [0.25, 0.3) is 6.08 Å². The highest BCUT2D eigenvalue weighted by Crippen LogP contribution is 2.25. The third-order valence-electron chi connectivity index (χ3n) is 1.94. The molecule has 0 fully saturated rings. The summed E-state index contributed by atoms with van der Waals surface area (Å²) in [4.78, 5) is 24.8. The molecule has 0 aliphatic heterocycles. The van der Waals surface area contributed by atoms with Crippen molar-refractivity contribution in [3.05, 3.63) is 34.0 Å². The Labute approximate surface area is 108 Å². The minimum atomic E-state index is -0.548. The van der Waals surface area contributed by atoms with E-state index in [2.05, 4.69) is 4.98 Å². The Kier molecular flexibility index (Phi) is 5.31. The third-order valence-corrected chi connectivity index (χ3v) is 2.70. The van der Waals surface area contributed by atoms with E-state index in [0.717, 1.165) is 11.8 Å². The molecular weight excluding hydrogens is 256 g/mol. The topological polar surface area (TPSA) is 82.3 Å². The predicted octanol–water partition coefficient (Wildman–Crippen LogP) is 2.29. The lowest BCUT2D eigenvalue weighted by atomic mass is 10.2. The first kappa shape index (κ1) is 14.2. The Hall–Kier alpha value is -1.89. The zero-order valence-electron chi connectivity index (χ0n) is 9.95. The second-order valence-corrected chi connectivity index (χ2v) is 4.46. The highest BCUT2D eigenvalue weighted by Gasteiger charge is 2.15. The van der Waals surface area contributed by atoms with E-state index in [9.17, 15) is 14.9 Å². The van der Waals surface area contributed by atoms with Crippen molar-refractivity contribution in [2.24, 2.45) is 0 Å². The van der Waals surface area contributed by atoms with Gasteiger partial charge in [-0.3, -0.25) is 14.9 Å². The molecule has 0 bridgehead atoms. The van der Waals surface area contributed by atoms with Crippen LogP contribution in [0, 0.1) is 10.1 Å². The van der Waals surface area contributed by atoms with Gasteiger partial charge in [0.2, 0.25) is 0 Å². The number of ether oxygens (including phenoxy) is 1. The SMILES string of the molecule is COc1ncc(C=CCSC(C)=O)cc1[N+](=O)[O-]. The third kappa shape index (κ3) is 4.17. The molecule has 0 saturated heterocycles. The fourth-order valence-electron chi connectivity index (χ4n) is 1.19. The van der Waals surface area contributed by atoms with Crippen molar-refractivity contribution in [1.82, 2.24) is 4.98 Å². The summed E-state index contributed by atoms with van der Waals surface area (Å²) >= 11 is 1.16. The molecule has 1 aromatic rings. The zero-order valence-corrected chi connectivity index (χ0v) is 10.8. The molecule has 0 aliphatic carbocycles. The standard InChI is InChI=1S/C11H12N2O4S/c1-8(14)18-5-3-4-9-6-10(13(15)16)11(17-2)12-7-9/h3-4,6-7H,5H2,1-2H3. The van der Waals surface area contributed by atoms with Crippen LogP contribution in [0.2, 0.25) is 0 Å². The van der Waals surface area contributed by atoms with Gasteiger partial charge in [0.05, 0.1) is 12.0 Å². The van der Waals surface area contributed by atoms with E-state index in [4.69, 9.17) is 4.74 Å². The molecule has 6 nitrogen and oxygen atoms in total. The van der Waals surface area contributed by atoms with E-state index in [0.29, 0.717) is 11.3 Å². The van der Waals surface area contributed by atoms with Gasteiger partial charge in [-0.2, -0.15) is 0 Å². The summed E-state index contributed by atoms with van der Waals surface area (Å²) in [6.45, 7) is 1.48. The highest BCUT2D eigenvalue weighted by molar-refractivity contribution is 8.13. The summed E-state index contributed by atoms with van der Waals surface area (Å²) in [6.07, 6.45) is 4.90. The Morgan fingerprint density at radius 3 is 2.94 bits per heavy atom. The molecule has 1 heterocycles. The maximum absolute atomic E-state index is 10.8. The number of carbonyl (C=O) groups is 1. The van der Waals surface area contributed by atoms with Crippen LogP contribution in [0.15, 0.2) is 18.3 Å². The van der Waals surface area contributed by atoms with Crippen molar-refractivity contribution in [3.63, 3.8) is 0 Å². The number of hydrogen-bond acceptors (Lipinski definition) is 6. The maximum Gasteiger partial charge on any atom is 0.331 e. The number of nitrogens with zero attached hydrogens (tertiary/aromatic N) is 2. The van der Waals surface area contributed by atoms with Crippen LogP contribution in [0.4, 0.5) is 5.69 Å². The molecule has 0 amide bonds. The van der Waals surface area contributed by atoms with Crippen molar-refractivity contribution in [1.29, 1.82) is 0 Å². The summed E-state index contributed by atoms with van der Waals surface area (Å²) in [5.41, 5.74) is 0.408. The first-order valence-electron chi connectivity index (χ1n) is 5.03. The smallest absolute Gasteiger partial charge is 0.331 e. The van der Waals surface area contributed by atoms with Crippen LogP contribution in [0.1, 0.15) is 12.5 Å². The molecule has 96 valence electrons. The van der Waals surface area contributed by atoms with Crippen LogP contribution >= 0.6 is 11.8 Å². The molecule has 0 N–H and O–H groups in total. The van der Waals surface area contributed by atoms with Crippen molar-refractivity contribution in [3.8, 4) is 5.88 Å². The Bertz CT molecular complexity index is 488. The maximum atomic E-state index is 10.8. The second-order valence-electron chi connectivity index (χ2n) is 3.26. The quantitative estimate of drug-likeness (QED) is 0.602. The van der Waals surface area contributed by atoms with Gasteiger partial charge >= 0.3 is 5.69 Å². The minimum absolute atomic E-state index is 0.0183. The lowest BCUT2D eigenvalue weighted by Crippen LogP contribution is -1.96. The predicted molar refractivity (Wildman–Crippen MR) is 69.6 cm³/mol. The van der Waals surface area contributed by atoms with Gasteiger partial charge in [0.25, 0.3) is 5.88 Å². The average molecular weight is 268 g/mol. The van der Waals surface area contributed by atoms with Crippen LogP contribution < -0.4 is 4.74 Å². The van der Waals surface area contributed by atoms with Gasteiger partial charge in [-0.05, 0) is 5.56 Å². The number of thioether (sulfide) groups is 1. The van der Waals surface area contributed by atoms with E-state index in [-0.39, 0.29) is 16.7 Å². The molecule has 1 aromatic heterocycles. The van der Waals surface area contributed by atoms with Crippen LogP contribution in [-0.2, 0) is 4.79 Å². The van der Waals surface area contributed by atoms with Crippen molar-refractivity contribution in [2.75, 3.05) is 12.9 Å². The van der Waals surface area contributed by atoms with Gasteiger partial charge in [0.1, 0.15) is 0 Å². The number of aromatic nitrogens is 1. The normalized spacial score (nSPS) is 10.6. The zero-order chi connectivity index (χ0) is 13.5. The monoisotopic (exact) mass is 268 g/mol. The van der Waals surface area contributed by atoms with Gasteiger partial charge < -0.3 is 4.74 Å². The highest BCUT2D eigenvalue weighted by atomic mass is 32.2. The summed E-state index contributed by atoms with van der Waals surface area (Å²) in [6, 6.07) is 1.38. The van der Waals surface area contributed by atoms with Crippen LogP contribution in [-0.4, -0.2) is 27.9 Å². The van der Waals surface area contributed by atoms with Crippen LogP contribution in [0.5, 0.6) is 5.88 Å². The molecule has 7 heteroatoms. The van der Waals surface area contributed by atoms with Gasteiger partial charge in [-0.15, -0.1) is 0 Å². The van der Waals surface area contributed by atoms with Crippen LogP contribution in [0.3, 0.4) is 0 Å². The molecule has 0 aromatic carbocycles. The molecule has 18 heavy (non-hydrogen) atoms. The molecule has 0 saturated carbocycles. The van der Waals surface area contributed by atoms with E-state index in [1.54, 1.807) is 12.2 Å². The molecular formula is C11H12N2O4S. The first-order valence-corrected chi connectivity index (χ1v) is 6.01. The largest absolute Gasteiger partial charge is 0.476 e. The van der Waals surface area contributed by atoms with Gasteiger partial charge in [-0.25, -0.2) is 4.98 Å². The van der Waals surface area contributed by atoms with E-state index >= 15 is 0 Å².